The highest BCUT2D eigenvalue weighted by Gasteiger charge is 2.26. The third-order valence-electron chi connectivity index (χ3n) is 3.14. The minimum absolute atomic E-state index is 0.0363. The molecular formula is C13H20N2O4. The second-order valence-corrected chi connectivity index (χ2v) is 5.05. The molecular weight excluding hydrogens is 248 g/mol. The van der Waals surface area contributed by atoms with Crippen LogP contribution in [0.4, 0.5) is 0 Å². The van der Waals surface area contributed by atoms with E-state index in [-0.39, 0.29) is 11.8 Å². The molecule has 19 heavy (non-hydrogen) atoms. The molecule has 0 aromatic carbocycles. The van der Waals surface area contributed by atoms with E-state index in [2.05, 4.69) is 10.5 Å². The number of aromatic nitrogens is 1. The quantitative estimate of drug-likeness (QED) is 0.851. The van der Waals surface area contributed by atoms with Crippen molar-refractivity contribution in [2.75, 3.05) is 0 Å². The number of nitrogens with one attached hydrogen (secondary N) is 1. The van der Waals surface area contributed by atoms with Crippen LogP contribution in [0.25, 0.3) is 0 Å². The Kier molecular flexibility index (Phi) is 4.69. The third kappa shape index (κ3) is 3.33. The van der Waals surface area contributed by atoms with Gasteiger partial charge in [0.2, 0.25) is 0 Å². The predicted octanol–water partition coefficient (Wildman–Crippen LogP) is 1.95. The number of carboxylic acids is 1. The maximum atomic E-state index is 12.2. The van der Waals surface area contributed by atoms with Crippen molar-refractivity contribution in [3.63, 3.8) is 0 Å². The molecule has 0 bridgehead atoms. The van der Waals surface area contributed by atoms with Gasteiger partial charge in [-0.05, 0) is 20.8 Å². The zero-order chi connectivity index (χ0) is 14.7. The highest BCUT2D eigenvalue weighted by atomic mass is 16.5. The summed E-state index contributed by atoms with van der Waals surface area (Å²) in [7, 11) is 0. The van der Waals surface area contributed by atoms with Gasteiger partial charge >= 0.3 is 5.97 Å². The van der Waals surface area contributed by atoms with Crippen molar-refractivity contribution in [1.82, 2.24) is 10.5 Å². The van der Waals surface area contributed by atoms with Gasteiger partial charge in [0.1, 0.15) is 5.56 Å². The molecule has 1 heterocycles. The highest BCUT2D eigenvalue weighted by Crippen LogP contribution is 2.22. The summed E-state index contributed by atoms with van der Waals surface area (Å²) in [5.74, 6) is -1.40. The molecule has 0 saturated carbocycles. The van der Waals surface area contributed by atoms with Gasteiger partial charge in [-0.2, -0.15) is 0 Å². The molecule has 1 aromatic rings. The van der Waals surface area contributed by atoms with Gasteiger partial charge in [-0.3, -0.25) is 9.59 Å². The SMILES string of the molecule is Cc1noc(C(C)C)c1C(=O)NC(C)C(C)C(=O)O. The number of nitrogens with zero attached hydrogens (tertiary/aromatic N) is 1. The van der Waals surface area contributed by atoms with Crippen molar-refractivity contribution < 1.29 is 19.2 Å². The molecule has 1 rings (SSSR count). The van der Waals surface area contributed by atoms with Gasteiger partial charge in [0, 0.05) is 12.0 Å². The van der Waals surface area contributed by atoms with E-state index in [1.807, 2.05) is 13.8 Å². The maximum Gasteiger partial charge on any atom is 0.308 e. The topological polar surface area (TPSA) is 92.4 Å². The number of hydrogen-bond donors (Lipinski definition) is 2. The molecule has 0 radical (unpaired) electrons. The number of aryl methyl sites for hydroxylation is 1. The Hall–Kier alpha value is -1.85. The molecule has 6 heteroatoms. The zero-order valence-electron chi connectivity index (χ0n) is 11.9. The second-order valence-electron chi connectivity index (χ2n) is 5.05. The van der Waals surface area contributed by atoms with Crippen molar-refractivity contribution in [1.29, 1.82) is 0 Å². The summed E-state index contributed by atoms with van der Waals surface area (Å²) in [6.07, 6.45) is 0. The molecule has 2 N–H and O–H groups in total. The van der Waals surface area contributed by atoms with Gasteiger partial charge in [-0.25, -0.2) is 0 Å². The van der Waals surface area contributed by atoms with Crippen molar-refractivity contribution in [3.8, 4) is 0 Å². The van der Waals surface area contributed by atoms with Crippen LogP contribution in [0.3, 0.4) is 0 Å². The fraction of sp³-hybridized carbons (Fsp3) is 0.615. The molecule has 0 aliphatic rings. The number of carboxylic acid groups (broad SMARTS) is 1. The van der Waals surface area contributed by atoms with E-state index in [0.717, 1.165) is 0 Å². The van der Waals surface area contributed by atoms with E-state index in [1.54, 1.807) is 20.8 Å². The normalized spacial score (nSPS) is 14.2. The average Bonchev–Trinajstić information content (AvgIpc) is 2.69. The molecule has 1 amide bonds. The van der Waals surface area contributed by atoms with Crippen molar-refractivity contribution in [2.45, 2.75) is 46.6 Å². The third-order valence-corrected chi connectivity index (χ3v) is 3.14. The van der Waals surface area contributed by atoms with E-state index in [4.69, 9.17) is 9.63 Å². The van der Waals surface area contributed by atoms with Gasteiger partial charge in [-0.1, -0.05) is 19.0 Å². The van der Waals surface area contributed by atoms with Crippen LogP contribution in [-0.4, -0.2) is 28.2 Å². The smallest absolute Gasteiger partial charge is 0.308 e. The lowest BCUT2D eigenvalue weighted by molar-refractivity contribution is -0.141. The van der Waals surface area contributed by atoms with Crippen LogP contribution in [-0.2, 0) is 4.79 Å². The monoisotopic (exact) mass is 268 g/mol. The molecule has 0 fully saturated rings. The predicted molar refractivity (Wildman–Crippen MR) is 69.1 cm³/mol. The summed E-state index contributed by atoms with van der Waals surface area (Å²) >= 11 is 0. The Balaban J connectivity index is 2.90. The van der Waals surface area contributed by atoms with Crippen LogP contribution in [0.1, 0.15) is 55.4 Å². The number of carbonyl (C=O) groups excluding carboxylic acids is 1. The highest BCUT2D eigenvalue weighted by molar-refractivity contribution is 5.96. The van der Waals surface area contributed by atoms with Gasteiger partial charge in [0.25, 0.3) is 5.91 Å². The summed E-state index contributed by atoms with van der Waals surface area (Å²) in [5.41, 5.74) is 0.913. The number of carbonyl (C=O) groups is 2. The summed E-state index contributed by atoms with van der Waals surface area (Å²) in [6, 6.07) is -0.473. The molecule has 1 aromatic heterocycles. The summed E-state index contributed by atoms with van der Waals surface area (Å²) in [5, 5.41) is 15.4. The Morgan fingerprint density at radius 3 is 2.32 bits per heavy atom. The van der Waals surface area contributed by atoms with Gasteiger partial charge in [0.15, 0.2) is 5.76 Å². The first-order chi connectivity index (χ1) is 8.75. The molecule has 0 saturated heterocycles. The van der Waals surface area contributed by atoms with Crippen LogP contribution in [0, 0.1) is 12.8 Å². The Labute approximate surface area is 112 Å². The number of rotatable bonds is 5. The number of hydrogen-bond acceptors (Lipinski definition) is 4. The second kappa shape index (κ2) is 5.86. The van der Waals surface area contributed by atoms with E-state index in [0.29, 0.717) is 17.0 Å². The average molecular weight is 268 g/mol. The van der Waals surface area contributed by atoms with Crippen LogP contribution in [0.15, 0.2) is 4.52 Å². The van der Waals surface area contributed by atoms with Crippen LogP contribution >= 0.6 is 0 Å². The van der Waals surface area contributed by atoms with Gasteiger partial charge < -0.3 is 14.9 Å². The summed E-state index contributed by atoms with van der Waals surface area (Å²) < 4.78 is 5.14. The standard InChI is InChI=1S/C13H20N2O4/c1-6(2)11-10(9(5)15-19-11)12(16)14-8(4)7(3)13(17)18/h6-8H,1-5H3,(H,14,16)(H,17,18). The lowest BCUT2D eigenvalue weighted by atomic mass is 10.0. The largest absolute Gasteiger partial charge is 0.481 e. The van der Waals surface area contributed by atoms with Gasteiger partial charge in [-0.15, -0.1) is 0 Å². The first-order valence-corrected chi connectivity index (χ1v) is 6.25. The fourth-order valence-electron chi connectivity index (χ4n) is 1.68. The number of aliphatic carboxylic acids is 1. The van der Waals surface area contributed by atoms with Crippen molar-refractivity contribution in [2.24, 2.45) is 5.92 Å². The van der Waals surface area contributed by atoms with Crippen LogP contribution in [0.5, 0.6) is 0 Å². The van der Waals surface area contributed by atoms with E-state index in [1.165, 1.54) is 0 Å². The van der Waals surface area contributed by atoms with E-state index < -0.39 is 17.9 Å². The molecule has 0 aliphatic carbocycles. The maximum absolute atomic E-state index is 12.2. The fourth-order valence-corrected chi connectivity index (χ4v) is 1.68. The molecule has 106 valence electrons. The Bertz CT molecular complexity index is 479. The van der Waals surface area contributed by atoms with Crippen LogP contribution < -0.4 is 5.32 Å². The molecule has 6 nitrogen and oxygen atoms in total. The summed E-state index contributed by atoms with van der Waals surface area (Å²) in [6.45, 7) is 8.71. The summed E-state index contributed by atoms with van der Waals surface area (Å²) in [4.78, 5) is 23.1. The minimum Gasteiger partial charge on any atom is -0.481 e. The minimum atomic E-state index is -0.945. The molecule has 0 spiro atoms. The van der Waals surface area contributed by atoms with Crippen molar-refractivity contribution in [3.05, 3.63) is 17.0 Å². The zero-order valence-corrected chi connectivity index (χ0v) is 11.9. The lowest BCUT2D eigenvalue weighted by Gasteiger charge is -2.18. The lowest BCUT2D eigenvalue weighted by Crippen LogP contribution is -2.40. The van der Waals surface area contributed by atoms with E-state index in [9.17, 15) is 9.59 Å². The van der Waals surface area contributed by atoms with Crippen molar-refractivity contribution >= 4 is 11.9 Å². The first kappa shape index (κ1) is 15.2. The molecule has 2 atom stereocenters. The van der Waals surface area contributed by atoms with E-state index >= 15 is 0 Å². The van der Waals surface area contributed by atoms with Gasteiger partial charge in [0.05, 0.1) is 11.6 Å². The molecule has 2 unspecified atom stereocenters. The Morgan fingerprint density at radius 1 is 1.26 bits per heavy atom. The molecule has 0 aliphatic heterocycles. The van der Waals surface area contributed by atoms with Crippen LogP contribution in [0.2, 0.25) is 0 Å². The number of amides is 1. The first-order valence-electron chi connectivity index (χ1n) is 6.25. The Morgan fingerprint density at radius 2 is 1.84 bits per heavy atom.